The Bertz CT molecular complexity index is 1020. The van der Waals surface area contributed by atoms with Gasteiger partial charge in [0, 0.05) is 37.9 Å². The van der Waals surface area contributed by atoms with Crippen LogP contribution < -0.4 is 4.90 Å². The molecule has 2 aliphatic heterocycles. The van der Waals surface area contributed by atoms with Gasteiger partial charge in [-0.15, -0.1) is 0 Å². The number of hydrogen-bond donors (Lipinski definition) is 0. The highest BCUT2D eigenvalue weighted by Crippen LogP contribution is 2.31. The summed E-state index contributed by atoms with van der Waals surface area (Å²) < 4.78 is 40.2. The van der Waals surface area contributed by atoms with Crippen LogP contribution in [-0.2, 0) is 21.2 Å². The van der Waals surface area contributed by atoms with Gasteiger partial charge in [0.15, 0.2) is 0 Å². The lowest BCUT2D eigenvalue weighted by atomic mass is 10.1. The zero-order valence-corrected chi connectivity index (χ0v) is 17.1. The van der Waals surface area contributed by atoms with Crippen molar-refractivity contribution in [1.29, 1.82) is 0 Å². The highest BCUT2D eigenvalue weighted by molar-refractivity contribution is 7.89. The van der Waals surface area contributed by atoms with Crippen LogP contribution >= 0.6 is 0 Å². The first-order valence-corrected chi connectivity index (χ1v) is 11.2. The fourth-order valence-corrected chi connectivity index (χ4v) is 5.52. The van der Waals surface area contributed by atoms with Crippen LogP contribution in [0, 0.1) is 5.82 Å². The summed E-state index contributed by atoms with van der Waals surface area (Å²) in [5.41, 5.74) is 2.35. The minimum atomic E-state index is -3.76. The molecule has 2 aromatic rings. The molecule has 0 unspecified atom stereocenters. The third-order valence-electron chi connectivity index (χ3n) is 5.68. The van der Waals surface area contributed by atoms with Crippen LogP contribution in [0.15, 0.2) is 53.4 Å². The molecule has 0 aromatic heterocycles. The topological polar surface area (TPSA) is 60.9 Å². The number of benzene rings is 2. The summed E-state index contributed by atoms with van der Waals surface area (Å²) in [5.74, 6) is -0.587. The van der Waals surface area contributed by atoms with Crippen molar-refractivity contribution in [3.8, 4) is 0 Å². The fraction of sp³-hybridized carbons (Fsp3) is 0.381. The van der Waals surface area contributed by atoms with Crippen LogP contribution in [0.2, 0.25) is 0 Å². The average Bonchev–Trinajstić information content (AvgIpc) is 3.03. The number of fused-ring (bicyclic) bond motifs is 1. The van der Waals surface area contributed by atoms with Gasteiger partial charge in [-0.2, -0.15) is 4.31 Å². The molecule has 8 heteroatoms. The first-order valence-electron chi connectivity index (χ1n) is 9.74. The van der Waals surface area contributed by atoms with Gasteiger partial charge in [0.1, 0.15) is 5.82 Å². The minimum absolute atomic E-state index is 0.00337. The van der Waals surface area contributed by atoms with Crippen LogP contribution in [0.4, 0.5) is 10.1 Å². The monoisotopic (exact) mass is 417 g/mol. The molecule has 0 radical (unpaired) electrons. The van der Waals surface area contributed by atoms with Gasteiger partial charge >= 0.3 is 0 Å². The minimum Gasteiger partial charge on any atom is -0.359 e. The summed E-state index contributed by atoms with van der Waals surface area (Å²) in [7, 11) is -3.76. The molecule has 2 aliphatic rings. The van der Waals surface area contributed by atoms with Crippen LogP contribution in [0.5, 0.6) is 0 Å². The van der Waals surface area contributed by atoms with Crippen molar-refractivity contribution in [1.82, 2.24) is 9.21 Å². The van der Waals surface area contributed by atoms with Crippen LogP contribution in [0.3, 0.4) is 0 Å². The largest absolute Gasteiger partial charge is 0.359 e. The van der Waals surface area contributed by atoms with Crippen molar-refractivity contribution in [2.75, 3.05) is 37.6 Å². The number of para-hydroxylation sites is 1. The summed E-state index contributed by atoms with van der Waals surface area (Å²) in [6.07, 6.45) is 0.920. The van der Waals surface area contributed by atoms with Crippen molar-refractivity contribution in [2.24, 2.45) is 0 Å². The Kier molecular flexibility index (Phi) is 5.31. The van der Waals surface area contributed by atoms with Gasteiger partial charge in [0.25, 0.3) is 0 Å². The molecule has 0 spiro atoms. The van der Waals surface area contributed by atoms with Crippen molar-refractivity contribution < 1.29 is 17.6 Å². The van der Waals surface area contributed by atoms with E-state index in [0.29, 0.717) is 13.1 Å². The predicted octanol–water partition coefficient (Wildman–Crippen LogP) is 2.11. The second kappa shape index (κ2) is 7.76. The first-order chi connectivity index (χ1) is 13.9. The Labute approximate surface area is 170 Å². The molecule has 1 fully saturated rings. The maximum absolute atomic E-state index is 13.4. The van der Waals surface area contributed by atoms with Gasteiger partial charge in [-0.05, 0) is 43.2 Å². The Balaban J connectivity index is 1.39. The molecule has 0 saturated carbocycles. The quantitative estimate of drug-likeness (QED) is 0.765. The molecule has 2 aromatic carbocycles. The Morgan fingerprint density at radius 1 is 1.07 bits per heavy atom. The van der Waals surface area contributed by atoms with E-state index in [9.17, 15) is 17.6 Å². The highest BCUT2D eigenvalue weighted by Gasteiger charge is 2.33. The second-order valence-corrected chi connectivity index (χ2v) is 9.49. The molecular formula is C21H24FN3O3S. The zero-order chi connectivity index (χ0) is 20.6. The van der Waals surface area contributed by atoms with Crippen LogP contribution in [0.25, 0.3) is 0 Å². The lowest BCUT2D eigenvalue weighted by Gasteiger charge is -2.35. The Morgan fingerprint density at radius 2 is 1.79 bits per heavy atom. The molecule has 6 nitrogen and oxygen atoms in total. The van der Waals surface area contributed by atoms with E-state index < -0.39 is 15.8 Å². The molecule has 0 aliphatic carbocycles. The van der Waals surface area contributed by atoms with Crippen LogP contribution in [-0.4, -0.2) is 62.3 Å². The van der Waals surface area contributed by atoms with Crippen molar-refractivity contribution in [2.45, 2.75) is 24.3 Å². The molecule has 4 rings (SSSR count). The fourth-order valence-electron chi connectivity index (χ4n) is 4.07. The third kappa shape index (κ3) is 3.86. The highest BCUT2D eigenvalue weighted by atomic mass is 32.2. The predicted molar refractivity (Wildman–Crippen MR) is 109 cm³/mol. The molecule has 154 valence electrons. The van der Waals surface area contributed by atoms with E-state index >= 15 is 0 Å². The summed E-state index contributed by atoms with van der Waals surface area (Å²) in [5, 5.41) is 0. The van der Waals surface area contributed by atoms with Gasteiger partial charge in [-0.25, -0.2) is 12.8 Å². The summed E-state index contributed by atoms with van der Waals surface area (Å²) in [6.45, 7) is 3.47. The van der Waals surface area contributed by atoms with Crippen LogP contribution in [0.1, 0.15) is 12.5 Å². The van der Waals surface area contributed by atoms with Crippen molar-refractivity contribution in [3.05, 3.63) is 59.9 Å². The van der Waals surface area contributed by atoms with E-state index in [1.54, 1.807) is 4.90 Å². The molecule has 0 N–H and O–H groups in total. The standard InChI is InChI=1S/C21H24FN3O3S/c1-16-13-17-5-2-3-8-20(17)25(16)15-21(26)23-9-11-24(12-10-23)29(27,28)19-7-4-6-18(22)14-19/h2-8,14,16H,9-13,15H2,1H3/t16-/m1/s1. The normalized spacial score (nSPS) is 20.0. The second-order valence-electron chi connectivity index (χ2n) is 7.55. The van der Waals surface area contributed by atoms with E-state index in [-0.39, 0.29) is 36.5 Å². The lowest BCUT2D eigenvalue weighted by Crippen LogP contribution is -2.53. The number of carbonyl (C=O) groups is 1. The van der Waals surface area contributed by atoms with E-state index in [1.807, 2.05) is 18.2 Å². The maximum Gasteiger partial charge on any atom is 0.243 e. The molecule has 1 amide bonds. The number of halogens is 1. The number of hydrogen-bond acceptors (Lipinski definition) is 4. The summed E-state index contributed by atoms with van der Waals surface area (Å²) in [4.78, 5) is 16.6. The zero-order valence-electron chi connectivity index (χ0n) is 16.3. The molecule has 29 heavy (non-hydrogen) atoms. The maximum atomic E-state index is 13.4. The molecule has 2 heterocycles. The SMILES string of the molecule is C[C@@H]1Cc2ccccc2N1CC(=O)N1CCN(S(=O)(=O)c2cccc(F)c2)CC1. The van der Waals surface area contributed by atoms with E-state index in [0.717, 1.165) is 18.2 Å². The van der Waals surface area contributed by atoms with Gasteiger partial charge in [0.05, 0.1) is 11.4 Å². The van der Waals surface area contributed by atoms with E-state index in [1.165, 1.54) is 28.1 Å². The Hall–Kier alpha value is -2.45. The van der Waals surface area contributed by atoms with E-state index in [2.05, 4.69) is 17.9 Å². The summed E-state index contributed by atoms with van der Waals surface area (Å²) >= 11 is 0. The summed E-state index contributed by atoms with van der Waals surface area (Å²) in [6, 6.07) is 13.4. The van der Waals surface area contributed by atoms with Gasteiger partial charge < -0.3 is 9.80 Å². The number of sulfonamides is 1. The number of piperazine rings is 1. The van der Waals surface area contributed by atoms with Gasteiger partial charge in [-0.3, -0.25) is 4.79 Å². The number of anilines is 1. The first kappa shape index (κ1) is 19.8. The third-order valence-corrected chi connectivity index (χ3v) is 7.57. The molecule has 1 atom stereocenters. The molecule has 1 saturated heterocycles. The van der Waals surface area contributed by atoms with E-state index in [4.69, 9.17) is 0 Å². The lowest BCUT2D eigenvalue weighted by molar-refractivity contribution is -0.130. The number of nitrogens with zero attached hydrogens (tertiary/aromatic N) is 3. The number of rotatable bonds is 4. The molecule has 0 bridgehead atoms. The average molecular weight is 418 g/mol. The Morgan fingerprint density at radius 3 is 2.52 bits per heavy atom. The van der Waals surface area contributed by atoms with Crippen molar-refractivity contribution >= 4 is 21.6 Å². The number of amides is 1. The molecular weight excluding hydrogens is 393 g/mol. The van der Waals surface area contributed by atoms with Crippen molar-refractivity contribution in [3.63, 3.8) is 0 Å². The van der Waals surface area contributed by atoms with Gasteiger partial charge in [-0.1, -0.05) is 24.3 Å². The van der Waals surface area contributed by atoms with Gasteiger partial charge in [0.2, 0.25) is 15.9 Å². The number of carbonyl (C=O) groups excluding carboxylic acids is 1. The smallest absolute Gasteiger partial charge is 0.243 e.